The first-order valence-corrected chi connectivity index (χ1v) is 4.59. The monoisotopic (exact) mass is 214 g/mol. The average molecular weight is 214 g/mol. The van der Waals surface area contributed by atoms with Crippen LogP contribution in [0.15, 0.2) is 12.4 Å². The maximum Gasteiger partial charge on any atom is 0.306 e. The van der Waals surface area contributed by atoms with Gasteiger partial charge in [0.25, 0.3) is 0 Å². The highest BCUT2D eigenvalue weighted by Crippen LogP contribution is 2.07. The molecule has 0 aliphatic rings. The Balaban J connectivity index is 2.40. The Morgan fingerprint density at radius 3 is 2.93 bits per heavy atom. The summed E-state index contributed by atoms with van der Waals surface area (Å²) in [5.41, 5.74) is -0.000175. The number of rotatable bonds is 6. The van der Waals surface area contributed by atoms with Crippen LogP contribution in [0.2, 0.25) is 0 Å². The molecule has 0 saturated carbocycles. The van der Waals surface area contributed by atoms with E-state index in [0.29, 0.717) is 19.6 Å². The van der Waals surface area contributed by atoms with Gasteiger partial charge in [0.15, 0.2) is 0 Å². The first-order valence-electron chi connectivity index (χ1n) is 4.59. The minimum Gasteiger partial charge on any atom is -0.395 e. The lowest BCUT2D eigenvalue weighted by molar-refractivity contribution is -0.385. The molecule has 0 aliphatic carbocycles. The fourth-order valence-electron chi connectivity index (χ4n) is 1.12. The molecule has 1 rings (SSSR count). The Kier molecular flexibility index (Phi) is 4.19. The van der Waals surface area contributed by atoms with Gasteiger partial charge in [-0.1, -0.05) is 0 Å². The van der Waals surface area contributed by atoms with Gasteiger partial charge < -0.3 is 10.0 Å². The van der Waals surface area contributed by atoms with E-state index < -0.39 is 4.92 Å². The van der Waals surface area contributed by atoms with Gasteiger partial charge in [0, 0.05) is 13.1 Å². The van der Waals surface area contributed by atoms with Crippen LogP contribution in [0.5, 0.6) is 0 Å². The third-order valence-corrected chi connectivity index (χ3v) is 2.02. The van der Waals surface area contributed by atoms with Crippen LogP contribution in [-0.2, 0) is 6.54 Å². The van der Waals surface area contributed by atoms with E-state index in [2.05, 4.69) is 5.10 Å². The lowest BCUT2D eigenvalue weighted by Gasteiger charge is -2.14. The highest BCUT2D eigenvalue weighted by atomic mass is 16.6. The van der Waals surface area contributed by atoms with Crippen molar-refractivity contribution in [2.45, 2.75) is 6.54 Å². The summed E-state index contributed by atoms with van der Waals surface area (Å²) in [5.74, 6) is 0. The molecule has 7 nitrogen and oxygen atoms in total. The molecule has 1 N–H and O–H groups in total. The molecule has 0 bridgehead atoms. The predicted octanol–water partition coefficient (Wildman–Crippen LogP) is -0.285. The molecule has 0 aliphatic heterocycles. The molecular weight excluding hydrogens is 200 g/mol. The van der Waals surface area contributed by atoms with Crippen LogP contribution in [0.4, 0.5) is 5.69 Å². The van der Waals surface area contributed by atoms with Crippen molar-refractivity contribution in [3.05, 3.63) is 22.5 Å². The minimum atomic E-state index is -0.471. The van der Waals surface area contributed by atoms with Crippen LogP contribution < -0.4 is 0 Å². The fraction of sp³-hybridized carbons (Fsp3) is 0.625. The van der Waals surface area contributed by atoms with E-state index in [0.717, 1.165) is 0 Å². The third-order valence-electron chi connectivity index (χ3n) is 2.02. The molecule has 0 atom stereocenters. The Labute approximate surface area is 87.1 Å². The molecule has 84 valence electrons. The van der Waals surface area contributed by atoms with Gasteiger partial charge in [-0.05, 0) is 7.05 Å². The molecule has 0 fully saturated rings. The molecule has 0 aromatic carbocycles. The summed E-state index contributed by atoms with van der Waals surface area (Å²) >= 11 is 0. The fourth-order valence-corrected chi connectivity index (χ4v) is 1.12. The SMILES string of the molecule is CN(CCO)CCn1cc([N+](=O)[O-])cn1. The van der Waals surface area contributed by atoms with Gasteiger partial charge in [-0.2, -0.15) is 5.10 Å². The normalized spacial score (nSPS) is 10.9. The predicted molar refractivity (Wildman–Crippen MR) is 53.5 cm³/mol. The molecule has 0 saturated heterocycles. The van der Waals surface area contributed by atoms with Crippen molar-refractivity contribution in [3.63, 3.8) is 0 Å². The first kappa shape index (κ1) is 11.6. The van der Waals surface area contributed by atoms with Crippen LogP contribution in [0, 0.1) is 10.1 Å². The molecule has 0 spiro atoms. The van der Waals surface area contributed by atoms with Crippen LogP contribution >= 0.6 is 0 Å². The summed E-state index contributed by atoms with van der Waals surface area (Å²) in [7, 11) is 1.87. The van der Waals surface area contributed by atoms with E-state index >= 15 is 0 Å². The van der Waals surface area contributed by atoms with Crippen LogP contribution in [0.1, 0.15) is 0 Å². The van der Waals surface area contributed by atoms with Crippen molar-refractivity contribution >= 4 is 5.69 Å². The molecule has 0 radical (unpaired) electrons. The number of nitro groups is 1. The van der Waals surface area contributed by atoms with Gasteiger partial charge in [0.1, 0.15) is 12.4 Å². The van der Waals surface area contributed by atoms with Gasteiger partial charge in [-0.3, -0.25) is 14.8 Å². The quantitative estimate of drug-likeness (QED) is 0.520. The van der Waals surface area contributed by atoms with Crippen LogP contribution in [0.3, 0.4) is 0 Å². The Morgan fingerprint density at radius 2 is 2.40 bits per heavy atom. The molecule has 1 aromatic rings. The summed E-state index contributed by atoms with van der Waals surface area (Å²) in [4.78, 5) is 11.8. The molecule has 7 heteroatoms. The van der Waals surface area contributed by atoms with E-state index in [1.54, 1.807) is 0 Å². The van der Waals surface area contributed by atoms with Gasteiger partial charge in [-0.25, -0.2) is 0 Å². The molecule has 0 amide bonds. The van der Waals surface area contributed by atoms with E-state index in [9.17, 15) is 10.1 Å². The maximum absolute atomic E-state index is 10.4. The van der Waals surface area contributed by atoms with E-state index in [4.69, 9.17) is 5.11 Å². The lowest BCUT2D eigenvalue weighted by Crippen LogP contribution is -2.26. The van der Waals surface area contributed by atoms with E-state index in [-0.39, 0.29) is 12.3 Å². The van der Waals surface area contributed by atoms with Gasteiger partial charge >= 0.3 is 5.69 Å². The second-order valence-electron chi connectivity index (χ2n) is 3.25. The maximum atomic E-state index is 10.4. The highest BCUT2D eigenvalue weighted by Gasteiger charge is 2.08. The topological polar surface area (TPSA) is 84.4 Å². The van der Waals surface area contributed by atoms with E-state index in [1.807, 2.05) is 11.9 Å². The number of aliphatic hydroxyl groups is 1. The minimum absolute atomic E-state index is 0.000175. The van der Waals surface area contributed by atoms with Gasteiger partial charge in [0.2, 0.25) is 0 Å². The van der Waals surface area contributed by atoms with Crippen LogP contribution in [0.25, 0.3) is 0 Å². The highest BCUT2D eigenvalue weighted by molar-refractivity contribution is 5.20. The van der Waals surface area contributed by atoms with Crippen molar-refractivity contribution in [3.8, 4) is 0 Å². The zero-order valence-electron chi connectivity index (χ0n) is 8.54. The Morgan fingerprint density at radius 1 is 1.67 bits per heavy atom. The number of likely N-dealkylation sites (N-methyl/N-ethyl adjacent to an activating group) is 1. The number of aromatic nitrogens is 2. The average Bonchev–Trinajstić information content (AvgIpc) is 2.63. The largest absolute Gasteiger partial charge is 0.395 e. The summed E-state index contributed by atoms with van der Waals surface area (Å²) in [5, 5.41) is 22.9. The standard InChI is InChI=1S/C8H14N4O3/c1-10(4-5-13)2-3-11-7-8(6-9-11)12(14)15/h6-7,13H,2-5H2,1H3. The summed E-state index contributed by atoms with van der Waals surface area (Å²) < 4.78 is 1.52. The van der Waals surface area contributed by atoms with Crippen molar-refractivity contribution in [1.82, 2.24) is 14.7 Å². The molecule has 0 unspecified atom stereocenters. The molecule has 15 heavy (non-hydrogen) atoms. The number of hydrogen-bond donors (Lipinski definition) is 1. The van der Waals surface area contributed by atoms with Crippen molar-refractivity contribution in [2.75, 3.05) is 26.7 Å². The summed E-state index contributed by atoms with van der Waals surface area (Å²) in [6.45, 7) is 1.96. The Bertz CT molecular complexity index is 325. The molecular formula is C8H14N4O3. The number of hydrogen-bond acceptors (Lipinski definition) is 5. The Hall–Kier alpha value is -1.47. The van der Waals surface area contributed by atoms with Crippen LogP contribution in [-0.4, -0.2) is 51.5 Å². The first-order chi connectivity index (χ1) is 7.13. The van der Waals surface area contributed by atoms with Crippen molar-refractivity contribution in [1.29, 1.82) is 0 Å². The summed E-state index contributed by atoms with van der Waals surface area (Å²) in [6, 6.07) is 0. The smallest absolute Gasteiger partial charge is 0.306 e. The molecule has 1 aromatic heterocycles. The second kappa shape index (κ2) is 5.42. The van der Waals surface area contributed by atoms with Crippen molar-refractivity contribution < 1.29 is 10.0 Å². The number of nitrogens with zero attached hydrogens (tertiary/aromatic N) is 4. The summed E-state index contributed by atoms with van der Waals surface area (Å²) in [6.07, 6.45) is 2.62. The third kappa shape index (κ3) is 3.64. The molecule has 1 heterocycles. The lowest BCUT2D eigenvalue weighted by atomic mass is 10.5. The van der Waals surface area contributed by atoms with Gasteiger partial charge in [0.05, 0.1) is 18.1 Å². The van der Waals surface area contributed by atoms with E-state index in [1.165, 1.54) is 17.1 Å². The number of aliphatic hydroxyl groups excluding tert-OH is 1. The zero-order chi connectivity index (χ0) is 11.3. The second-order valence-corrected chi connectivity index (χ2v) is 3.25. The van der Waals surface area contributed by atoms with Crippen molar-refractivity contribution in [2.24, 2.45) is 0 Å². The van der Waals surface area contributed by atoms with Gasteiger partial charge in [-0.15, -0.1) is 0 Å². The zero-order valence-corrected chi connectivity index (χ0v) is 8.54.